The molecule has 0 aromatic heterocycles. The molecule has 2 heteroatoms. The van der Waals surface area contributed by atoms with Crippen molar-refractivity contribution >= 4 is 11.6 Å². The highest BCUT2D eigenvalue weighted by atomic mass is 35.5. The molecule has 78 valence electrons. The van der Waals surface area contributed by atoms with Crippen LogP contribution in [0.3, 0.4) is 0 Å². The molecule has 0 amide bonds. The minimum atomic E-state index is 0.472. The maximum absolute atomic E-state index is 5.63. The van der Waals surface area contributed by atoms with Crippen molar-refractivity contribution in [2.75, 3.05) is 12.4 Å². The summed E-state index contributed by atoms with van der Waals surface area (Å²) in [5.41, 5.74) is 1.37. The lowest BCUT2D eigenvalue weighted by molar-refractivity contribution is 0.519. The van der Waals surface area contributed by atoms with Gasteiger partial charge in [-0.05, 0) is 24.9 Å². The van der Waals surface area contributed by atoms with Gasteiger partial charge in [0.1, 0.15) is 0 Å². The van der Waals surface area contributed by atoms with E-state index in [9.17, 15) is 0 Å². The van der Waals surface area contributed by atoms with Crippen molar-refractivity contribution in [1.82, 2.24) is 5.32 Å². The van der Waals surface area contributed by atoms with Crippen molar-refractivity contribution < 1.29 is 0 Å². The summed E-state index contributed by atoms with van der Waals surface area (Å²) in [7, 11) is 0. The minimum Gasteiger partial charge on any atom is -0.310 e. The zero-order valence-corrected chi connectivity index (χ0v) is 9.43. The van der Waals surface area contributed by atoms with Crippen molar-refractivity contribution in [3.05, 3.63) is 35.9 Å². The molecule has 1 N–H and O–H groups in total. The highest BCUT2D eigenvalue weighted by Crippen LogP contribution is 2.15. The monoisotopic (exact) mass is 211 g/mol. The quantitative estimate of drug-likeness (QED) is 0.562. The zero-order chi connectivity index (χ0) is 10.2. The molecule has 0 aliphatic rings. The van der Waals surface area contributed by atoms with E-state index in [2.05, 4.69) is 42.6 Å². The number of nitrogens with one attached hydrogen (secondary N) is 1. The van der Waals surface area contributed by atoms with Crippen LogP contribution in [-0.2, 0) is 0 Å². The van der Waals surface area contributed by atoms with Crippen LogP contribution in [0.15, 0.2) is 30.3 Å². The van der Waals surface area contributed by atoms with E-state index in [4.69, 9.17) is 11.6 Å². The molecule has 1 unspecified atom stereocenters. The Morgan fingerprint density at radius 1 is 1.29 bits per heavy atom. The molecule has 1 rings (SSSR count). The summed E-state index contributed by atoms with van der Waals surface area (Å²) in [4.78, 5) is 0. The lowest BCUT2D eigenvalue weighted by Crippen LogP contribution is -2.22. The molecule has 0 saturated carbocycles. The summed E-state index contributed by atoms with van der Waals surface area (Å²) >= 11 is 5.63. The lowest BCUT2D eigenvalue weighted by atomic mass is 10.0. The van der Waals surface area contributed by atoms with Crippen LogP contribution in [0.25, 0.3) is 0 Å². The molecule has 0 aliphatic heterocycles. The Morgan fingerprint density at radius 2 is 2.00 bits per heavy atom. The Kier molecular flexibility index (Phi) is 5.65. The van der Waals surface area contributed by atoms with Gasteiger partial charge < -0.3 is 5.32 Å². The van der Waals surface area contributed by atoms with Gasteiger partial charge >= 0.3 is 0 Å². The van der Waals surface area contributed by atoms with Gasteiger partial charge in [0.15, 0.2) is 0 Å². The highest BCUT2D eigenvalue weighted by Gasteiger charge is 2.06. The van der Waals surface area contributed by atoms with Crippen LogP contribution in [0.1, 0.15) is 31.4 Å². The first-order valence-corrected chi connectivity index (χ1v) is 5.76. The molecule has 1 aromatic rings. The SMILES string of the molecule is CCC(NCCCCl)c1ccccc1. The summed E-state index contributed by atoms with van der Waals surface area (Å²) in [5, 5.41) is 3.50. The van der Waals surface area contributed by atoms with Gasteiger partial charge in [-0.2, -0.15) is 0 Å². The van der Waals surface area contributed by atoms with Crippen molar-refractivity contribution in [1.29, 1.82) is 0 Å². The van der Waals surface area contributed by atoms with Gasteiger partial charge in [-0.1, -0.05) is 37.3 Å². The van der Waals surface area contributed by atoms with Gasteiger partial charge in [0, 0.05) is 11.9 Å². The number of benzene rings is 1. The molecular formula is C12H18ClN. The van der Waals surface area contributed by atoms with E-state index in [1.54, 1.807) is 0 Å². The number of hydrogen-bond acceptors (Lipinski definition) is 1. The normalized spacial score (nSPS) is 12.7. The molecule has 0 aliphatic carbocycles. The van der Waals surface area contributed by atoms with Crippen LogP contribution in [-0.4, -0.2) is 12.4 Å². The van der Waals surface area contributed by atoms with Crippen molar-refractivity contribution in [2.24, 2.45) is 0 Å². The maximum atomic E-state index is 5.63. The Hall–Kier alpha value is -0.530. The molecular weight excluding hydrogens is 194 g/mol. The average molecular weight is 212 g/mol. The smallest absolute Gasteiger partial charge is 0.0317 e. The minimum absolute atomic E-state index is 0.472. The zero-order valence-electron chi connectivity index (χ0n) is 8.67. The van der Waals surface area contributed by atoms with E-state index < -0.39 is 0 Å². The molecule has 0 bridgehead atoms. The van der Waals surface area contributed by atoms with Gasteiger partial charge in [-0.25, -0.2) is 0 Å². The fourth-order valence-electron chi connectivity index (χ4n) is 1.53. The third-order valence-corrected chi connectivity index (χ3v) is 2.58. The Morgan fingerprint density at radius 3 is 2.57 bits per heavy atom. The molecule has 1 aromatic carbocycles. The third-order valence-electron chi connectivity index (χ3n) is 2.31. The number of alkyl halides is 1. The van der Waals surface area contributed by atoms with Gasteiger partial charge in [0.2, 0.25) is 0 Å². The third kappa shape index (κ3) is 3.69. The van der Waals surface area contributed by atoms with Crippen LogP contribution < -0.4 is 5.32 Å². The van der Waals surface area contributed by atoms with Crippen LogP contribution in [0.4, 0.5) is 0 Å². The number of rotatable bonds is 6. The Balaban J connectivity index is 2.46. The van der Waals surface area contributed by atoms with E-state index in [-0.39, 0.29) is 0 Å². The first-order chi connectivity index (χ1) is 6.88. The second-order valence-electron chi connectivity index (χ2n) is 3.37. The topological polar surface area (TPSA) is 12.0 Å². The Labute approximate surface area is 91.5 Å². The first-order valence-electron chi connectivity index (χ1n) is 5.22. The van der Waals surface area contributed by atoms with Crippen molar-refractivity contribution in [2.45, 2.75) is 25.8 Å². The number of hydrogen-bond donors (Lipinski definition) is 1. The Bertz CT molecular complexity index is 235. The van der Waals surface area contributed by atoms with Gasteiger partial charge in [-0.15, -0.1) is 11.6 Å². The second-order valence-corrected chi connectivity index (χ2v) is 3.75. The van der Waals surface area contributed by atoms with E-state index in [1.807, 2.05) is 0 Å². The predicted octanol–water partition coefficient (Wildman–Crippen LogP) is 3.36. The average Bonchev–Trinajstić information content (AvgIpc) is 2.26. The van der Waals surface area contributed by atoms with Crippen molar-refractivity contribution in [3.8, 4) is 0 Å². The molecule has 1 atom stereocenters. The molecule has 0 saturated heterocycles. The molecule has 1 nitrogen and oxygen atoms in total. The largest absolute Gasteiger partial charge is 0.310 e. The lowest BCUT2D eigenvalue weighted by Gasteiger charge is -2.16. The molecule has 0 heterocycles. The molecule has 0 spiro atoms. The predicted molar refractivity (Wildman–Crippen MR) is 62.8 cm³/mol. The molecule has 14 heavy (non-hydrogen) atoms. The fraction of sp³-hybridized carbons (Fsp3) is 0.500. The van der Waals surface area contributed by atoms with E-state index in [0.717, 1.165) is 25.3 Å². The summed E-state index contributed by atoms with van der Waals surface area (Å²) in [5.74, 6) is 0.734. The summed E-state index contributed by atoms with van der Waals surface area (Å²) < 4.78 is 0. The van der Waals surface area contributed by atoms with Crippen molar-refractivity contribution in [3.63, 3.8) is 0 Å². The van der Waals surface area contributed by atoms with Crippen LogP contribution in [0.5, 0.6) is 0 Å². The van der Waals surface area contributed by atoms with Crippen LogP contribution in [0.2, 0.25) is 0 Å². The first kappa shape index (κ1) is 11.5. The molecule has 0 fully saturated rings. The second kappa shape index (κ2) is 6.86. The standard InChI is InChI=1S/C12H18ClN/c1-2-12(14-10-6-9-13)11-7-4-3-5-8-11/h3-5,7-8,12,14H,2,6,9-10H2,1H3. The summed E-state index contributed by atoms with van der Waals surface area (Å²) in [6.45, 7) is 3.20. The van der Waals surface area contributed by atoms with E-state index in [0.29, 0.717) is 6.04 Å². The van der Waals surface area contributed by atoms with E-state index >= 15 is 0 Å². The van der Waals surface area contributed by atoms with Crippen LogP contribution in [0, 0.1) is 0 Å². The van der Waals surface area contributed by atoms with Gasteiger partial charge in [0.05, 0.1) is 0 Å². The number of halogens is 1. The fourth-order valence-corrected chi connectivity index (χ4v) is 1.66. The summed E-state index contributed by atoms with van der Waals surface area (Å²) in [6.07, 6.45) is 2.15. The highest BCUT2D eigenvalue weighted by molar-refractivity contribution is 6.17. The van der Waals surface area contributed by atoms with Gasteiger partial charge in [0.25, 0.3) is 0 Å². The van der Waals surface area contributed by atoms with E-state index in [1.165, 1.54) is 5.56 Å². The summed E-state index contributed by atoms with van der Waals surface area (Å²) in [6, 6.07) is 11.0. The molecule has 0 radical (unpaired) electrons. The van der Waals surface area contributed by atoms with Crippen LogP contribution >= 0.6 is 11.6 Å². The maximum Gasteiger partial charge on any atom is 0.0317 e. The van der Waals surface area contributed by atoms with Gasteiger partial charge in [-0.3, -0.25) is 0 Å².